The Labute approximate surface area is 109 Å². The lowest BCUT2D eigenvalue weighted by molar-refractivity contribution is 0.111. The Morgan fingerprint density at radius 3 is 3.06 bits per heavy atom. The summed E-state index contributed by atoms with van der Waals surface area (Å²) >= 11 is 2.23. The van der Waals surface area contributed by atoms with Crippen molar-refractivity contribution < 1.29 is 9.84 Å². The van der Waals surface area contributed by atoms with E-state index in [0.717, 1.165) is 22.3 Å². The lowest BCUT2D eigenvalue weighted by Gasteiger charge is -2.17. The highest BCUT2D eigenvalue weighted by atomic mass is 127. The van der Waals surface area contributed by atoms with E-state index in [-0.39, 0.29) is 6.04 Å². The molecule has 0 aromatic carbocycles. The van der Waals surface area contributed by atoms with Gasteiger partial charge in [-0.3, -0.25) is 10.3 Å². The number of pyridine rings is 1. The van der Waals surface area contributed by atoms with Crippen LogP contribution in [0.15, 0.2) is 12.1 Å². The van der Waals surface area contributed by atoms with E-state index < -0.39 is 6.23 Å². The van der Waals surface area contributed by atoms with Crippen LogP contribution in [0.1, 0.15) is 24.0 Å². The number of rotatable bonds is 3. The van der Waals surface area contributed by atoms with Gasteiger partial charge in [0, 0.05) is 16.2 Å². The molecule has 2 rings (SSSR count). The number of aromatic nitrogens is 1. The molecule has 0 bridgehead atoms. The second-order valence-corrected chi connectivity index (χ2v) is 5.10. The molecule has 2 atom stereocenters. The van der Waals surface area contributed by atoms with Crippen LogP contribution in [0.3, 0.4) is 0 Å². The third-order valence-corrected chi connectivity index (χ3v) is 3.79. The number of aliphatic hydroxyl groups excluding tert-OH is 1. The fourth-order valence-electron chi connectivity index (χ4n) is 1.69. The molecule has 4 nitrogen and oxygen atoms in total. The van der Waals surface area contributed by atoms with Crippen molar-refractivity contribution in [2.75, 3.05) is 13.2 Å². The van der Waals surface area contributed by atoms with Crippen LogP contribution in [0.25, 0.3) is 0 Å². The molecule has 5 heteroatoms. The first kappa shape index (κ1) is 12.2. The van der Waals surface area contributed by atoms with Gasteiger partial charge in [0.25, 0.3) is 0 Å². The lowest BCUT2D eigenvalue weighted by atomic mass is 10.2. The van der Waals surface area contributed by atoms with Crippen molar-refractivity contribution in [3.05, 3.63) is 27.1 Å². The van der Waals surface area contributed by atoms with Gasteiger partial charge in [-0.25, -0.2) is 0 Å². The first-order chi connectivity index (χ1) is 7.66. The summed E-state index contributed by atoms with van der Waals surface area (Å²) < 4.78 is 6.35. The molecule has 0 aliphatic carbocycles. The van der Waals surface area contributed by atoms with Crippen LogP contribution in [-0.2, 0) is 4.74 Å². The Bertz CT molecular complexity index is 367. The Morgan fingerprint density at radius 2 is 2.44 bits per heavy atom. The average molecular weight is 334 g/mol. The third-order valence-electron chi connectivity index (χ3n) is 2.65. The quantitative estimate of drug-likeness (QED) is 0.648. The Kier molecular flexibility index (Phi) is 4.12. The highest BCUT2D eigenvalue weighted by Crippen LogP contribution is 2.15. The molecular weight excluding hydrogens is 319 g/mol. The summed E-state index contributed by atoms with van der Waals surface area (Å²) in [5, 5.41) is 13.1. The number of hydrogen-bond donors (Lipinski definition) is 2. The SMILES string of the molecule is Cc1nc(C(O)NC2CCOC2)ccc1I. The molecule has 2 unspecified atom stereocenters. The van der Waals surface area contributed by atoms with Crippen molar-refractivity contribution in [2.24, 2.45) is 0 Å². The zero-order valence-corrected chi connectivity index (χ0v) is 11.3. The Balaban J connectivity index is 2.02. The Hall–Kier alpha value is -0.240. The number of nitrogens with one attached hydrogen (secondary N) is 1. The molecule has 1 fully saturated rings. The lowest BCUT2D eigenvalue weighted by Crippen LogP contribution is -2.33. The molecule has 88 valence electrons. The van der Waals surface area contributed by atoms with E-state index in [1.54, 1.807) is 0 Å². The molecule has 1 saturated heterocycles. The van der Waals surface area contributed by atoms with Crippen LogP contribution in [-0.4, -0.2) is 29.3 Å². The fraction of sp³-hybridized carbons (Fsp3) is 0.545. The predicted molar refractivity (Wildman–Crippen MR) is 69.0 cm³/mol. The molecule has 1 aromatic heterocycles. The molecule has 0 spiro atoms. The maximum absolute atomic E-state index is 9.96. The zero-order chi connectivity index (χ0) is 11.5. The van der Waals surface area contributed by atoms with Gasteiger partial charge in [-0.2, -0.15) is 0 Å². The summed E-state index contributed by atoms with van der Waals surface area (Å²) in [6.07, 6.45) is 0.239. The summed E-state index contributed by atoms with van der Waals surface area (Å²) in [5.74, 6) is 0. The van der Waals surface area contributed by atoms with Gasteiger partial charge in [0.05, 0.1) is 18.0 Å². The number of nitrogens with zero attached hydrogens (tertiary/aromatic N) is 1. The minimum absolute atomic E-state index is 0.233. The minimum atomic E-state index is -0.706. The standard InChI is InChI=1S/C11H15IN2O2/c1-7-9(12)2-3-10(13-7)11(15)14-8-4-5-16-6-8/h2-3,8,11,14-15H,4-6H2,1H3. The highest BCUT2D eigenvalue weighted by molar-refractivity contribution is 14.1. The summed E-state index contributed by atoms with van der Waals surface area (Å²) in [7, 11) is 0. The predicted octanol–water partition coefficient (Wildman–Crippen LogP) is 1.36. The zero-order valence-electron chi connectivity index (χ0n) is 9.11. The summed E-state index contributed by atoms with van der Waals surface area (Å²) in [6, 6.07) is 4.05. The average Bonchev–Trinajstić information content (AvgIpc) is 2.74. The topological polar surface area (TPSA) is 54.4 Å². The van der Waals surface area contributed by atoms with Crippen molar-refractivity contribution in [3.63, 3.8) is 0 Å². The number of hydrogen-bond acceptors (Lipinski definition) is 4. The first-order valence-corrected chi connectivity index (χ1v) is 6.39. The number of aliphatic hydroxyl groups is 1. The fourth-order valence-corrected chi connectivity index (χ4v) is 1.99. The molecule has 1 aliphatic rings. The molecule has 1 aliphatic heterocycles. The largest absolute Gasteiger partial charge is 0.380 e. The molecule has 1 aromatic rings. The maximum Gasteiger partial charge on any atom is 0.148 e. The van der Waals surface area contributed by atoms with Gasteiger partial charge >= 0.3 is 0 Å². The van der Waals surface area contributed by atoms with Gasteiger partial charge in [-0.05, 0) is 48.1 Å². The van der Waals surface area contributed by atoms with Crippen LogP contribution in [0.4, 0.5) is 0 Å². The van der Waals surface area contributed by atoms with E-state index in [1.807, 2.05) is 19.1 Å². The molecular formula is C11H15IN2O2. The second kappa shape index (κ2) is 5.39. The van der Waals surface area contributed by atoms with E-state index in [2.05, 4.69) is 32.9 Å². The molecule has 16 heavy (non-hydrogen) atoms. The van der Waals surface area contributed by atoms with Crippen LogP contribution in [0, 0.1) is 10.5 Å². The van der Waals surface area contributed by atoms with Crippen LogP contribution < -0.4 is 5.32 Å². The summed E-state index contributed by atoms with van der Waals surface area (Å²) in [5.41, 5.74) is 1.62. The van der Waals surface area contributed by atoms with Crippen molar-refractivity contribution in [1.82, 2.24) is 10.3 Å². The van der Waals surface area contributed by atoms with Gasteiger partial charge in [0.15, 0.2) is 0 Å². The van der Waals surface area contributed by atoms with Gasteiger partial charge < -0.3 is 9.84 Å². The molecule has 0 amide bonds. The van der Waals surface area contributed by atoms with Crippen molar-refractivity contribution >= 4 is 22.6 Å². The third kappa shape index (κ3) is 2.91. The van der Waals surface area contributed by atoms with Gasteiger partial charge in [0.1, 0.15) is 6.23 Å². The van der Waals surface area contributed by atoms with E-state index in [4.69, 9.17) is 4.74 Å². The van der Waals surface area contributed by atoms with Crippen molar-refractivity contribution in [1.29, 1.82) is 0 Å². The summed E-state index contributed by atoms with van der Waals surface area (Å²) in [6.45, 7) is 3.38. The van der Waals surface area contributed by atoms with Gasteiger partial charge in [-0.15, -0.1) is 0 Å². The van der Waals surface area contributed by atoms with E-state index >= 15 is 0 Å². The Morgan fingerprint density at radius 1 is 1.62 bits per heavy atom. The monoisotopic (exact) mass is 334 g/mol. The summed E-state index contributed by atoms with van der Waals surface area (Å²) in [4.78, 5) is 4.35. The van der Waals surface area contributed by atoms with Crippen LogP contribution in [0.5, 0.6) is 0 Å². The van der Waals surface area contributed by atoms with Crippen LogP contribution in [0.2, 0.25) is 0 Å². The second-order valence-electron chi connectivity index (χ2n) is 3.93. The highest BCUT2D eigenvalue weighted by Gasteiger charge is 2.20. The normalized spacial score (nSPS) is 22.3. The minimum Gasteiger partial charge on any atom is -0.380 e. The van der Waals surface area contributed by atoms with E-state index in [0.29, 0.717) is 12.3 Å². The molecule has 2 N–H and O–H groups in total. The molecule has 0 radical (unpaired) electrons. The van der Waals surface area contributed by atoms with Crippen LogP contribution >= 0.6 is 22.6 Å². The van der Waals surface area contributed by atoms with Crippen molar-refractivity contribution in [3.8, 4) is 0 Å². The maximum atomic E-state index is 9.96. The van der Waals surface area contributed by atoms with Gasteiger partial charge in [-0.1, -0.05) is 0 Å². The number of ether oxygens (including phenoxy) is 1. The van der Waals surface area contributed by atoms with Crippen molar-refractivity contribution in [2.45, 2.75) is 25.6 Å². The molecule has 2 heterocycles. The molecule has 0 saturated carbocycles. The number of aryl methyl sites for hydroxylation is 1. The van der Waals surface area contributed by atoms with E-state index in [1.165, 1.54) is 0 Å². The van der Waals surface area contributed by atoms with E-state index in [9.17, 15) is 5.11 Å². The number of halogens is 1. The van der Waals surface area contributed by atoms with Gasteiger partial charge in [0.2, 0.25) is 0 Å². The first-order valence-electron chi connectivity index (χ1n) is 5.31. The smallest absolute Gasteiger partial charge is 0.148 e.